The van der Waals surface area contributed by atoms with Crippen molar-refractivity contribution in [1.29, 1.82) is 0 Å². The minimum atomic E-state index is -0.833. The molecule has 2 aromatic heterocycles. The first-order chi connectivity index (χ1) is 19.6. The topological polar surface area (TPSA) is 87.1 Å². The summed E-state index contributed by atoms with van der Waals surface area (Å²) in [6.07, 6.45) is 27.6. The molecule has 0 bridgehead atoms. The number of rotatable bonds is 3. The molecule has 6 rings (SSSR count). The predicted molar refractivity (Wildman–Crippen MR) is 165 cm³/mol. The number of nitrogens with one attached hydrogen (secondary N) is 2. The van der Waals surface area contributed by atoms with Crippen LogP contribution >= 0.6 is 0 Å². The van der Waals surface area contributed by atoms with E-state index in [1.165, 1.54) is 114 Å². The Morgan fingerprint density at radius 2 is 0.950 bits per heavy atom. The molecule has 6 heteroatoms. The van der Waals surface area contributed by atoms with E-state index in [0.717, 1.165) is 43.7 Å². The van der Waals surface area contributed by atoms with E-state index in [2.05, 4.69) is 44.9 Å². The number of piperidine rings is 2. The third kappa shape index (κ3) is 12.9. The van der Waals surface area contributed by atoms with Crippen molar-refractivity contribution in [3.8, 4) is 0 Å². The Morgan fingerprint density at radius 3 is 1.40 bits per heavy atom. The van der Waals surface area contributed by atoms with Crippen LogP contribution in [0.2, 0.25) is 0 Å². The van der Waals surface area contributed by atoms with Crippen LogP contribution in [0.15, 0.2) is 49.1 Å². The molecule has 4 heterocycles. The van der Waals surface area contributed by atoms with Crippen LogP contribution in [0.3, 0.4) is 0 Å². The maximum atomic E-state index is 9.00. The number of nitrogens with zero attached hydrogens (tertiary/aromatic N) is 2. The Hall–Kier alpha value is -2.31. The Balaban J connectivity index is 0.000000155. The second-order valence-corrected chi connectivity index (χ2v) is 11.9. The summed E-state index contributed by atoms with van der Waals surface area (Å²) in [5.74, 6) is 2.92. The Labute approximate surface area is 243 Å². The molecule has 0 spiro atoms. The molecule has 6 nitrogen and oxygen atoms in total. The first kappa shape index (κ1) is 32.2. The zero-order valence-electron chi connectivity index (χ0n) is 24.9. The van der Waals surface area contributed by atoms with Crippen molar-refractivity contribution >= 4 is 5.97 Å². The van der Waals surface area contributed by atoms with Crippen molar-refractivity contribution < 1.29 is 9.90 Å². The predicted octanol–water partition coefficient (Wildman–Crippen LogP) is 7.34. The first-order valence-corrected chi connectivity index (χ1v) is 16.0. The number of hydrogen-bond acceptors (Lipinski definition) is 5. The fraction of sp³-hybridized carbons (Fsp3) is 0.676. The lowest BCUT2D eigenvalue weighted by molar-refractivity contribution is -0.134. The second-order valence-electron chi connectivity index (χ2n) is 11.9. The maximum Gasteiger partial charge on any atom is 0.300 e. The summed E-state index contributed by atoms with van der Waals surface area (Å²) < 4.78 is 0. The second kappa shape index (κ2) is 19.7. The lowest BCUT2D eigenvalue weighted by atomic mass is 9.76. The molecular weight excluding hydrogens is 496 g/mol. The molecule has 0 amide bonds. The fourth-order valence-corrected chi connectivity index (χ4v) is 6.78. The standard InChI is InChI=1S/C11H21N.C11H15N.C10H14N2.C2H4O2/c2*1-2-4-10(5-3-1)11-6-8-12-9-7-11;1-5-11-6-2-9(1)10-3-7-12-8-4-10;1-2(3)4/h10-12H,1-9H2;6-10H,1-5H2;1-2,5-6,10,12H,3-4,7-8H2;1H3,(H,3,4). The average molecular weight is 551 g/mol. The van der Waals surface area contributed by atoms with Crippen LogP contribution in [0, 0.1) is 11.8 Å². The number of hydrogen-bond donors (Lipinski definition) is 3. The van der Waals surface area contributed by atoms with Gasteiger partial charge in [0.1, 0.15) is 0 Å². The van der Waals surface area contributed by atoms with Crippen molar-refractivity contribution in [3.63, 3.8) is 0 Å². The molecule has 2 aliphatic heterocycles. The SMILES string of the molecule is C1CCC(C2CCNCC2)CC1.CC(=O)O.c1cc(C2CCCCC2)ccn1.c1cc(C2CCNCC2)ccn1. The van der Waals surface area contributed by atoms with Gasteiger partial charge in [-0.3, -0.25) is 14.8 Å². The van der Waals surface area contributed by atoms with Crippen molar-refractivity contribution in [2.45, 2.75) is 109 Å². The molecule has 3 N–H and O–H groups in total. The van der Waals surface area contributed by atoms with Crippen molar-refractivity contribution in [1.82, 2.24) is 20.6 Å². The van der Waals surface area contributed by atoms with Gasteiger partial charge in [-0.2, -0.15) is 0 Å². The zero-order chi connectivity index (χ0) is 28.3. The summed E-state index contributed by atoms with van der Waals surface area (Å²) in [6, 6.07) is 8.60. The van der Waals surface area contributed by atoms with Gasteiger partial charge in [0.25, 0.3) is 5.97 Å². The van der Waals surface area contributed by atoms with Crippen molar-refractivity contribution in [3.05, 3.63) is 60.2 Å². The van der Waals surface area contributed by atoms with Gasteiger partial charge in [0.2, 0.25) is 0 Å². The van der Waals surface area contributed by atoms with Crippen LogP contribution in [0.1, 0.15) is 120 Å². The molecule has 0 unspecified atom stereocenters. The molecule has 0 radical (unpaired) electrons. The molecule has 222 valence electrons. The molecule has 40 heavy (non-hydrogen) atoms. The van der Waals surface area contributed by atoms with E-state index in [9.17, 15) is 0 Å². The molecule has 2 aliphatic carbocycles. The molecule has 2 saturated heterocycles. The molecule has 4 fully saturated rings. The van der Waals surface area contributed by atoms with E-state index in [-0.39, 0.29) is 0 Å². The van der Waals surface area contributed by atoms with Gasteiger partial charge in [0.15, 0.2) is 0 Å². The normalized spacial score (nSPS) is 20.9. The molecule has 2 aromatic rings. The van der Waals surface area contributed by atoms with E-state index in [4.69, 9.17) is 9.90 Å². The number of carbonyl (C=O) groups is 1. The van der Waals surface area contributed by atoms with Gasteiger partial charge in [-0.05, 0) is 124 Å². The quantitative estimate of drug-likeness (QED) is 0.371. The highest BCUT2D eigenvalue weighted by Gasteiger charge is 2.24. The summed E-state index contributed by atoms with van der Waals surface area (Å²) in [7, 11) is 0. The monoisotopic (exact) mass is 550 g/mol. The van der Waals surface area contributed by atoms with Gasteiger partial charge in [-0.1, -0.05) is 51.4 Å². The minimum Gasteiger partial charge on any atom is -0.481 e. The van der Waals surface area contributed by atoms with Crippen molar-refractivity contribution in [2.75, 3.05) is 26.2 Å². The number of aliphatic carboxylic acids is 1. The minimum absolute atomic E-state index is 0.759. The number of aromatic nitrogens is 2. The summed E-state index contributed by atoms with van der Waals surface area (Å²) in [6.45, 7) is 5.96. The molecular formula is C34H54N4O2. The van der Waals surface area contributed by atoms with Gasteiger partial charge in [0, 0.05) is 31.7 Å². The van der Waals surface area contributed by atoms with Gasteiger partial charge < -0.3 is 15.7 Å². The lowest BCUT2D eigenvalue weighted by Crippen LogP contribution is -2.32. The maximum absolute atomic E-state index is 9.00. The van der Waals surface area contributed by atoms with Gasteiger partial charge >= 0.3 is 0 Å². The summed E-state index contributed by atoms with van der Waals surface area (Å²) in [5.41, 5.74) is 2.94. The molecule has 4 aliphatic rings. The largest absolute Gasteiger partial charge is 0.481 e. The lowest BCUT2D eigenvalue weighted by Gasteiger charge is -2.33. The van der Waals surface area contributed by atoms with E-state index < -0.39 is 5.97 Å². The molecule has 0 atom stereocenters. The van der Waals surface area contributed by atoms with E-state index in [1.54, 1.807) is 0 Å². The van der Waals surface area contributed by atoms with Crippen LogP contribution in [-0.2, 0) is 4.79 Å². The van der Waals surface area contributed by atoms with Gasteiger partial charge in [-0.15, -0.1) is 0 Å². The van der Waals surface area contributed by atoms with Gasteiger partial charge in [0.05, 0.1) is 0 Å². The van der Waals surface area contributed by atoms with Gasteiger partial charge in [-0.25, -0.2) is 0 Å². The smallest absolute Gasteiger partial charge is 0.300 e. The van der Waals surface area contributed by atoms with Crippen LogP contribution in [0.4, 0.5) is 0 Å². The van der Waals surface area contributed by atoms with Crippen LogP contribution in [0.5, 0.6) is 0 Å². The molecule has 0 aromatic carbocycles. The Kier molecular flexibility index (Phi) is 15.9. The number of pyridine rings is 2. The summed E-state index contributed by atoms with van der Waals surface area (Å²) in [4.78, 5) is 17.1. The Bertz CT molecular complexity index is 813. The van der Waals surface area contributed by atoms with E-state index in [1.807, 2.05) is 24.8 Å². The highest BCUT2D eigenvalue weighted by Crippen LogP contribution is 2.34. The number of carboxylic acid groups (broad SMARTS) is 1. The van der Waals surface area contributed by atoms with Crippen LogP contribution in [-0.4, -0.2) is 47.2 Å². The fourth-order valence-electron chi connectivity index (χ4n) is 6.78. The third-order valence-electron chi connectivity index (χ3n) is 9.00. The van der Waals surface area contributed by atoms with E-state index >= 15 is 0 Å². The Morgan fingerprint density at radius 1 is 0.600 bits per heavy atom. The summed E-state index contributed by atoms with van der Waals surface area (Å²) in [5, 5.41) is 14.2. The number of carboxylic acids is 1. The van der Waals surface area contributed by atoms with Crippen LogP contribution in [0.25, 0.3) is 0 Å². The highest BCUT2D eigenvalue weighted by molar-refractivity contribution is 5.62. The third-order valence-corrected chi connectivity index (χ3v) is 9.00. The van der Waals surface area contributed by atoms with E-state index in [0.29, 0.717) is 0 Å². The van der Waals surface area contributed by atoms with Crippen molar-refractivity contribution in [2.24, 2.45) is 11.8 Å². The van der Waals surface area contributed by atoms with Crippen LogP contribution < -0.4 is 10.6 Å². The zero-order valence-corrected chi connectivity index (χ0v) is 24.9. The summed E-state index contributed by atoms with van der Waals surface area (Å²) >= 11 is 0. The first-order valence-electron chi connectivity index (χ1n) is 16.0. The molecule has 2 saturated carbocycles. The highest BCUT2D eigenvalue weighted by atomic mass is 16.4. The average Bonchev–Trinajstić information content (AvgIpc) is 3.04.